The maximum atomic E-state index is 12.4. The third-order valence-corrected chi connectivity index (χ3v) is 3.96. The van der Waals surface area contributed by atoms with Gasteiger partial charge in [-0.25, -0.2) is 0 Å². The van der Waals surface area contributed by atoms with Crippen LogP contribution in [0.2, 0.25) is 0 Å². The second-order valence-electron chi connectivity index (χ2n) is 4.90. The highest BCUT2D eigenvalue weighted by molar-refractivity contribution is 9.10. The number of hydrogen-bond donors (Lipinski definition) is 3. The quantitative estimate of drug-likeness (QED) is 0.758. The normalized spacial score (nSPS) is 15.2. The number of hydrogen-bond acceptors (Lipinski definition) is 5. The maximum absolute atomic E-state index is 12.4. The number of nitrogen functional groups attached to an aromatic ring is 1. The molecule has 3 rings (SSSR count). The van der Waals surface area contributed by atoms with Crippen molar-refractivity contribution < 1.29 is 0 Å². The molecule has 0 atom stereocenters. The minimum Gasteiger partial charge on any atom is -0.383 e. The Bertz CT molecular complexity index is 709. The lowest BCUT2D eigenvalue weighted by atomic mass is 10.1. The van der Waals surface area contributed by atoms with Gasteiger partial charge in [0.2, 0.25) is 5.95 Å². The minimum atomic E-state index is -0.214. The molecule has 2 aromatic rings. The molecule has 0 amide bonds. The van der Waals surface area contributed by atoms with Gasteiger partial charge in [0.15, 0.2) is 0 Å². The number of halogens is 1. The van der Waals surface area contributed by atoms with Gasteiger partial charge in [0.1, 0.15) is 5.82 Å². The van der Waals surface area contributed by atoms with Crippen molar-refractivity contribution in [2.75, 3.05) is 36.8 Å². The van der Waals surface area contributed by atoms with Gasteiger partial charge in [-0.1, -0.05) is 28.1 Å². The summed E-state index contributed by atoms with van der Waals surface area (Å²) in [5, 5.41) is 3.26. The SMILES string of the molecule is Nc1nc(N2CCNCC2)[nH]c(=O)c1-c1cccc(Br)c1. The summed E-state index contributed by atoms with van der Waals surface area (Å²) >= 11 is 3.40. The van der Waals surface area contributed by atoms with Crippen LogP contribution < -0.4 is 21.5 Å². The van der Waals surface area contributed by atoms with Crippen LogP contribution in [0, 0.1) is 0 Å². The van der Waals surface area contributed by atoms with Gasteiger partial charge < -0.3 is 16.0 Å². The molecule has 1 saturated heterocycles. The van der Waals surface area contributed by atoms with Gasteiger partial charge >= 0.3 is 0 Å². The van der Waals surface area contributed by atoms with Crippen LogP contribution in [0.3, 0.4) is 0 Å². The molecular weight excluding hydrogens is 334 g/mol. The zero-order chi connectivity index (χ0) is 14.8. The van der Waals surface area contributed by atoms with Crippen LogP contribution in [0.15, 0.2) is 33.5 Å². The molecule has 7 heteroatoms. The van der Waals surface area contributed by atoms with Crippen molar-refractivity contribution in [1.82, 2.24) is 15.3 Å². The summed E-state index contributed by atoms with van der Waals surface area (Å²) < 4.78 is 0.894. The molecular formula is C14H16BrN5O. The van der Waals surface area contributed by atoms with E-state index in [1.165, 1.54) is 0 Å². The van der Waals surface area contributed by atoms with Crippen LogP contribution in [0.25, 0.3) is 11.1 Å². The van der Waals surface area contributed by atoms with Gasteiger partial charge in [-0.15, -0.1) is 0 Å². The smallest absolute Gasteiger partial charge is 0.262 e. The molecule has 0 unspecified atom stereocenters. The Morgan fingerprint density at radius 2 is 2.05 bits per heavy atom. The van der Waals surface area contributed by atoms with Crippen LogP contribution in [0.5, 0.6) is 0 Å². The topological polar surface area (TPSA) is 87.0 Å². The first-order chi connectivity index (χ1) is 10.1. The molecule has 0 saturated carbocycles. The highest BCUT2D eigenvalue weighted by atomic mass is 79.9. The first-order valence-corrected chi connectivity index (χ1v) is 7.56. The van der Waals surface area contributed by atoms with E-state index in [0.717, 1.165) is 36.2 Å². The number of nitrogens with one attached hydrogen (secondary N) is 2. The maximum Gasteiger partial charge on any atom is 0.262 e. The lowest BCUT2D eigenvalue weighted by Gasteiger charge is -2.28. The summed E-state index contributed by atoms with van der Waals surface area (Å²) in [4.78, 5) is 21.6. The van der Waals surface area contributed by atoms with Crippen LogP contribution in [0.1, 0.15) is 0 Å². The van der Waals surface area contributed by atoms with Gasteiger partial charge in [-0.2, -0.15) is 4.98 Å². The van der Waals surface area contributed by atoms with E-state index in [1.807, 2.05) is 29.2 Å². The molecule has 1 aliphatic heterocycles. The average Bonchev–Trinajstić information content (AvgIpc) is 2.47. The second kappa shape index (κ2) is 5.87. The van der Waals surface area contributed by atoms with Crippen LogP contribution in [-0.2, 0) is 0 Å². The zero-order valence-electron chi connectivity index (χ0n) is 11.4. The molecule has 110 valence electrons. The Balaban J connectivity index is 2.02. The van der Waals surface area contributed by atoms with Crippen molar-refractivity contribution in [3.05, 3.63) is 39.1 Å². The molecule has 0 bridgehead atoms. The molecule has 0 spiro atoms. The highest BCUT2D eigenvalue weighted by Gasteiger charge is 2.17. The second-order valence-corrected chi connectivity index (χ2v) is 5.81. The van der Waals surface area contributed by atoms with E-state index >= 15 is 0 Å². The van der Waals surface area contributed by atoms with Gasteiger partial charge in [0, 0.05) is 30.7 Å². The van der Waals surface area contributed by atoms with E-state index < -0.39 is 0 Å². The van der Waals surface area contributed by atoms with Crippen molar-refractivity contribution in [1.29, 1.82) is 0 Å². The summed E-state index contributed by atoms with van der Waals surface area (Å²) in [5.41, 5.74) is 6.97. The number of aromatic nitrogens is 2. The number of aromatic amines is 1. The Hall–Kier alpha value is -1.86. The Labute approximate surface area is 130 Å². The molecule has 21 heavy (non-hydrogen) atoms. The van der Waals surface area contributed by atoms with Gasteiger partial charge in [-0.05, 0) is 17.7 Å². The zero-order valence-corrected chi connectivity index (χ0v) is 13.0. The monoisotopic (exact) mass is 349 g/mol. The first kappa shape index (κ1) is 14.1. The summed E-state index contributed by atoms with van der Waals surface area (Å²) in [5.74, 6) is 0.795. The van der Waals surface area contributed by atoms with Crippen molar-refractivity contribution in [2.45, 2.75) is 0 Å². The van der Waals surface area contributed by atoms with E-state index in [1.54, 1.807) is 0 Å². The summed E-state index contributed by atoms with van der Waals surface area (Å²) in [6.07, 6.45) is 0. The van der Waals surface area contributed by atoms with E-state index in [-0.39, 0.29) is 11.4 Å². The summed E-state index contributed by atoms with van der Waals surface area (Å²) in [6.45, 7) is 3.35. The third kappa shape index (κ3) is 2.93. The molecule has 1 aromatic heterocycles. The molecule has 1 aromatic carbocycles. The van der Waals surface area contributed by atoms with Crippen LogP contribution in [0.4, 0.5) is 11.8 Å². The van der Waals surface area contributed by atoms with Crippen molar-refractivity contribution in [2.24, 2.45) is 0 Å². The summed E-state index contributed by atoms with van der Waals surface area (Å²) in [7, 11) is 0. The Kier molecular flexibility index (Phi) is 3.94. The number of benzene rings is 1. The van der Waals surface area contributed by atoms with Crippen LogP contribution >= 0.6 is 15.9 Å². The average molecular weight is 350 g/mol. The summed E-state index contributed by atoms with van der Waals surface area (Å²) in [6, 6.07) is 7.46. The van der Waals surface area contributed by atoms with Crippen molar-refractivity contribution >= 4 is 27.7 Å². The predicted octanol–water partition coefficient (Wildman–Crippen LogP) is 1.19. The molecule has 0 radical (unpaired) electrons. The number of anilines is 2. The minimum absolute atomic E-state index is 0.214. The molecule has 1 aliphatic rings. The van der Waals surface area contributed by atoms with Gasteiger partial charge in [-0.3, -0.25) is 9.78 Å². The number of H-pyrrole nitrogens is 1. The van der Waals surface area contributed by atoms with Gasteiger partial charge in [0.05, 0.1) is 5.56 Å². The van der Waals surface area contributed by atoms with Gasteiger partial charge in [0.25, 0.3) is 5.56 Å². The number of rotatable bonds is 2. The molecule has 2 heterocycles. The number of piperazine rings is 1. The molecule has 0 aliphatic carbocycles. The lowest BCUT2D eigenvalue weighted by Crippen LogP contribution is -2.44. The Morgan fingerprint density at radius 3 is 2.71 bits per heavy atom. The standard InChI is InChI=1S/C14H16BrN5O/c15-10-3-1-2-9(8-10)11-12(16)18-14(19-13(11)21)20-6-4-17-5-7-20/h1-3,8,17H,4-7H2,(H3,16,18,19,21). The lowest BCUT2D eigenvalue weighted by molar-refractivity contribution is 0.579. The fraction of sp³-hybridized carbons (Fsp3) is 0.286. The first-order valence-electron chi connectivity index (χ1n) is 6.76. The molecule has 4 N–H and O–H groups in total. The fourth-order valence-corrected chi connectivity index (χ4v) is 2.83. The van der Waals surface area contributed by atoms with Crippen molar-refractivity contribution in [3.63, 3.8) is 0 Å². The van der Waals surface area contributed by atoms with E-state index in [4.69, 9.17) is 5.73 Å². The van der Waals surface area contributed by atoms with E-state index in [0.29, 0.717) is 11.5 Å². The van der Waals surface area contributed by atoms with Crippen molar-refractivity contribution in [3.8, 4) is 11.1 Å². The van der Waals surface area contributed by atoms with Crippen LogP contribution in [-0.4, -0.2) is 36.1 Å². The fourth-order valence-electron chi connectivity index (χ4n) is 2.43. The number of nitrogens with zero attached hydrogens (tertiary/aromatic N) is 2. The molecule has 1 fully saturated rings. The number of nitrogens with two attached hydrogens (primary N) is 1. The highest BCUT2D eigenvalue weighted by Crippen LogP contribution is 2.24. The Morgan fingerprint density at radius 1 is 1.29 bits per heavy atom. The van der Waals surface area contributed by atoms with E-state index in [9.17, 15) is 4.79 Å². The largest absolute Gasteiger partial charge is 0.383 e. The molecule has 6 nitrogen and oxygen atoms in total. The third-order valence-electron chi connectivity index (χ3n) is 3.46. The van der Waals surface area contributed by atoms with E-state index in [2.05, 4.69) is 31.2 Å². The predicted molar refractivity (Wildman–Crippen MR) is 87.5 cm³/mol.